The Morgan fingerprint density at radius 2 is 2.30 bits per heavy atom. The zero-order valence-corrected chi connectivity index (χ0v) is 6.99. The number of hydrogen-bond acceptors (Lipinski definition) is 3. The fraction of sp³-hybridized carbons (Fsp3) is 0.429. The zero-order chi connectivity index (χ0) is 7.56. The van der Waals surface area contributed by atoms with Crippen LogP contribution in [0.3, 0.4) is 0 Å². The van der Waals surface area contributed by atoms with Crippen molar-refractivity contribution in [3.05, 3.63) is 21.4 Å². The van der Waals surface area contributed by atoms with E-state index < -0.39 is 0 Å². The third-order valence-electron chi connectivity index (χ3n) is 1.38. The van der Waals surface area contributed by atoms with E-state index in [4.69, 9.17) is 5.90 Å². The molecule has 0 amide bonds. The molecule has 0 spiro atoms. The van der Waals surface area contributed by atoms with Crippen molar-refractivity contribution in [3.63, 3.8) is 0 Å². The summed E-state index contributed by atoms with van der Waals surface area (Å²) in [5.41, 5.74) is 1.20. The summed E-state index contributed by atoms with van der Waals surface area (Å²) in [7, 11) is 0. The van der Waals surface area contributed by atoms with Crippen LogP contribution in [0.5, 0.6) is 0 Å². The van der Waals surface area contributed by atoms with Gasteiger partial charge in [0.2, 0.25) is 0 Å². The smallest absolute Gasteiger partial charge is 0.0940 e. The van der Waals surface area contributed by atoms with Gasteiger partial charge in [-0.15, -0.1) is 11.3 Å². The molecule has 56 valence electrons. The zero-order valence-electron chi connectivity index (χ0n) is 6.18. The van der Waals surface area contributed by atoms with Crippen LogP contribution >= 0.6 is 11.3 Å². The summed E-state index contributed by atoms with van der Waals surface area (Å²) in [5, 5.41) is 0. The first-order valence-electron chi connectivity index (χ1n) is 3.11. The second-order valence-corrected chi connectivity index (χ2v) is 3.71. The van der Waals surface area contributed by atoms with Crippen molar-refractivity contribution < 1.29 is 4.84 Å². The van der Waals surface area contributed by atoms with Gasteiger partial charge in [0.25, 0.3) is 0 Å². The van der Waals surface area contributed by atoms with Crippen molar-refractivity contribution in [2.24, 2.45) is 5.90 Å². The Kier molecular flexibility index (Phi) is 2.43. The van der Waals surface area contributed by atoms with Crippen LogP contribution in [0.2, 0.25) is 0 Å². The average molecular weight is 157 g/mol. The summed E-state index contributed by atoms with van der Waals surface area (Å²) < 4.78 is 0. The van der Waals surface area contributed by atoms with Crippen molar-refractivity contribution in [2.75, 3.05) is 0 Å². The van der Waals surface area contributed by atoms with Gasteiger partial charge in [-0.3, -0.25) is 4.84 Å². The van der Waals surface area contributed by atoms with Crippen LogP contribution in [0.15, 0.2) is 6.07 Å². The summed E-state index contributed by atoms with van der Waals surface area (Å²) in [6, 6.07) is 2.10. The normalized spacial score (nSPS) is 10.3. The quantitative estimate of drug-likeness (QED) is 0.664. The fourth-order valence-corrected chi connectivity index (χ4v) is 1.85. The monoisotopic (exact) mass is 157 g/mol. The summed E-state index contributed by atoms with van der Waals surface area (Å²) in [6.45, 7) is 4.68. The van der Waals surface area contributed by atoms with E-state index in [1.54, 1.807) is 11.3 Å². The van der Waals surface area contributed by atoms with E-state index in [2.05, 4.69) is 24.8 Å². The highest BCUT2D eigenvalue weighted by Gasteiger charge is 2.00. The average Bonchev–Trinajstić information content (AvgIpc) is 2.13. The SMILES string of the molecule is Cc1cc(CON)c(C)s1. The van der Waals surface area contributed by atoms with E-state index in [1.807, 2.05) is 0 Å². The Morgan fingerprint density at radius 1 is 1.60 bits per heavy atom. The minimum absolute atomic E-state index is 0.524. The van der Waals surface area contributed by atoms with Gasteiger partial charge in [0.05, 0.1) is 6.61 Å². The third-order valence-corrected chi connectivity index (χ3v) is 2.39. The van der Waals surface area contributed by atoms with E-state index in [1.165, 1.54) is 15.3 Å². The predicted molar refractivity (Wildman–Crippen MR) is 42.8 cm³/mol. The van der Waals surface area contributed by atoms with Gasteiger partial charge in [-0.25, -0.2) is 5.90 Å². The van der Waals surface area contributed by atoms with Crippen molar-refractivity contribution in [3.8, 4) is 0 Å². The third kappa shape index (κ3) is 1.56. The lowest BCUT2D eigenvalue weighted by atomic mass is 10.3. The summed E-state index contributed by atoms with van der Waals surface area (Å²) in [5.74, 6) is 4.94. The summed E-state index contributed by atoms with van der Waals surface area (Å²) in [4.78, 5) is 7.13. The molecule has 0 bridgehead atoms. The van der Waals surface area contributed by atoms with Crippen molar-refractivity contribution in [2.45, 2.75) is 20.5 Å². The lowest BCUT2D eigenvalue weighted by Crippen LogP contribution is -1.98. The van der Waals surface area contributed by atoms with E-state index in [-0.39, 0.29) is 0 Å². The molecular formula is C7H11NOS. The molecule has 1 aromatic heterocycles. The molecule has 1 heterocycles. The molecule has 1 rings (SSSR count). The Morgan fingerprint density at radius 3 is 2.70 bits per heavy atom. The minimum Gasteiger partial charge on any atom is -0.300 e. The molecule has 2 N–H and O–H groups in total. The molecule has 0 aliphatic carbocycles. The van der Waals surface area contributed by atoms with Crippen LogP contribution in [0.25, 0.3) is 0 Å². The van der Waals surface area contributed by atoms with Crippen LogP contribution in [-0.4, -0.2) is 0 Å². The highest BCUT2D eigenvalue weighted by atomic mass is 32.1. The molecule has 0 unspecified atom stereocenters. The van der Waals surface area contributed by atoms with Crippen LogP contribution < -0.4 is 5.90 Å². The van der Waals surface area contributed by atoms with E-state index >= 15 is 0 Å². The lowest BCUT2D eigenvalue weighted by molar-refractivity contribution is 0.124. The molecular weight excluding hydrogens is 146 g/mol. The van der Waals surface area contributed by atoms with Gasteiger partial charge in [0.15, 0.2) is 0 Å². The highest BCUT2D eigenvalue weighted by molar-refractivity contribution is 7.12. The van der Waals surface area contributed by atoms with E-state index in [9.17, 15) is 0 Å². The molecule has 0 aliphatic heterocycles. The van der Waals surface area contributed by atoms with E-state index in [0.29, 0.717) is 6.61 Å². The van der Waals surface area contributed by atoms with Gasteiger partial charge in [-0.2, -0.15) is 0 Å². The second kappa shape index (κ2) is 3.14. The number of hydrogen-bond donors (Lipinski definition) is 1. The molecule has 0 fully saturated rings. The first-order valence-corrected chi connectivity index (χ1v) is 3.93. The van der Waals surface area contributed by atoms with Gasteiger partial charge >= 0.3 is 0 Å². The van der Waals surface area contributed by atoms with Gasteiger partial charge in [-0.1, -0.05) is 0 Å². The number of rotatable bonds is 2. The summed E-state index contributed by atoms with van der Waals surface area (Å²) >= 11 is 1.77. The number of nitrogens with two attached hydrogens (primary N) is 1. The topological polar surface area (TPSA) is 35.2 Å². The van der Waals surface area contributed by atoms with Gasteiger partial charge < -0.3 is 0 Å². The predicted octanol–water partition coefficient (Wildman–Crippen LogP) is 1.76. The molecule has 0 aliphatic rings. The van der Waals surface area contributed by atoms with Gasteiger partial charge in [-0.05, 0) is 25.5 Å². The van der Waals surface area contributed by atoms with Crippen molar-refractivity contribution >= 4 is 11.3 Å². The summed E-state index contributed by atoms with van der Waals surface area (Å²) in [6.07, 6.45) is 0. The van der Waals surface area contributed by atoms with Crippen molar-refractivity contribution in [1.82, 2.24) is 0 Å². The number of aryl methyl sites for hydroxylation is 2. The molecule has 0 aromatic carbocycles. The Labute approximate surface area is 64.6 Å². The van der Waals surface area contributed by atoms with Gasteiger partial charge in [0, 0.05) is 9.75 Å². The van der Waals surface area contributed by atoms with Crippen LogP contribution in [0, 0.1) is 13.8 Å². The van der Waals surface area contributed by atoms with E-state index in [0.717, 1.165) is 0 Å². The molecule has 3 heteroatoms. The lowest BCUT2D eigenvalue weighted by Gasteiger charge is -1.93. The Bertz CT molecular complexity index is 219. The molecule has 10 heavy (non-hydrogen) atoms. The molecule has 2 nitrogen and oxygen atoms in total. The molecule has 0 radical (unpaired) electrons. The van der Waals surface area contributed by atoms with Crippen LogP contribution in [-0.2, 0) is 11.4 Å². The van der Waals surface area contributed by atoms with Crippen LogP contribution in [0.1, 0.15) is 15.3 Å². The second-order valence-electron chi connectivity index (χ2n) is 2.25. The Balaban J connectivity index is 2.81. The fourth-order valence-electron chi connectivity index (χ4n) is 0.917. The first kappa shape index (κ1) is 7.72. The standard InChI is InChI=1S/C7H11NOS/c1-5-3-7(4-9-8)6(2)10-5/h3H,4,8H2,1-2H3. The highest BCUT2D eigenvalue weighted by Crippen LogP contribution is 2.20. The van der Waals surface area contributed by atoms with Crippen molar-refractivity contribution in [1.29, 1.82) is 0 Å². The molecule has 0 saturated carbocycles. The maximum Gasteiger partial charge on any atom is 0.0940 e. The number of thiophene rings is 1. The first-order chi connectivity index (χ1) is 4.74. The maximum atomic E-state index is 4.94. The maximum absolute atomic E-state index is 4.94. The molecule has 0 atom stereocenters. The van der Waals surface area contributed by atoms with Crippen LogP contribution in [0.4, 0.5) is 0 Å². The molecule has 1 aromatic rings. The Hall–Kier alpha value is -0.380. The molecule has 0 saturated heterocycles. The van der Waals surface area contributed by atoms with Gasteiger partial charge in [0.1, 0.15) is 0 Å². The minimum atomic E-state index is 0.524. The largest absolute Gasteiger partial charge is 0.300 e.